The molecule has 0 spiro atoms. The van der Waals surface area contributed by atoms with Gasteiger partial charge in [-0.25, -0.2) is 0 Å². The van der Waals surface area contributed by atoms with Crippen LogP contribution in [0.4, 0.5) is 0 Å². The van der Waals surface area contributed by atoms with E-state index in [1.165, 1.54) is 15.6 Å². The van der Waals surface area contributed by atoms with Crippen LogP contribution in [0, 0.1) is 6.92 Å². The molecule has 0 unspecified atom stereocenters. The van der Waals surface area contributed by atoms with Crippen molar-refractivity contribution < 1.29 is 4.74 Å². The second-order valence-corrected chi connectivity index (χ2v) is 6.40. The van der Waals surface area contributed by atoms with Crippen molar-refractivity contribution in [2.45, 2.75) is 25.2 Å². The average molecular weight is 340 g/mol. The molecule has 0 radical (unpaired) electrons. The Labute approximate surface area is 126 Å². The molecule has 1 nitrogen and oxygen atoms in total. The van der Waals surface area contributed by atoms with E-state index in [2.05, 4.69) is 37.0 Å². The Balaban J connectivity index is 2.22. The molecule has 0 aromatic heterocycles. The molecule has 0 N–H and O–H groups in total. The van der Waals surface area contributed by atoms with E-state index < -0.39 is 0 Å². The summed E-state index contributed by atoms with van der Waals surface area (Å²) in [7, 11) is 0. The summed E-state index contributed by atoms with van der Waals surface area (Å²) in [5, 5.41) is 0. The van der Waals surface area contributed by atoms with Crippen molar-refractivity contribution in [1.29, 1.82) is 0 Å². The third-order valence-electron chi connectivity index (χ3n) is 2.90. The molecule has 0 aliphatic carbocycles. The van der Waals surface area contributed by atoms with E-state index in [1.807, 2.05) is 18.2 Å². The number of ether oxygens (including phenoxy) is 1. The van der Waals surface area contributed by atoms with Crippen LogP contribution in [0.15, 0.2) is 42.5 Å². The van der Waals surface area contributed by atoms with Gasteiger partial charge < -0.3 is 0 Å². The van der Waals surface area contributed by atoms with Crippen LogP contribution in [-0.2, 0) is 12.5 Å². The summed E-state index contributed by atoms with van der Waals surface area (Å²) in [6.07, 6.45) is 0. The molecule has 0 fully saturated rings. The number of halogens is 1. The van der Waals surface area contributed by atoms with Crippen molar-refractivity contribution in [3.8, 4) is 5.75 Å². The van der Waals surface area contributed by atoms with Gasteiger partial charge in [0.2, 0.25) is 0 Å². The van der Waals surface area contributed by atoms with Gasteiger partial charge in [-0.15, -0.1) is 0 Å². The fourth-order valence-corrected chi connectivity index (χ4v) is 3.90. The van der Waals surface area contributed by atoms with Crippen LogP contribution in [0.5, 0.6) is 5.75 Å². The molecule has 100 valence electrons. The number of rotatable bonds is 5. The number of alkyl halides is 1. The Kier molecular flexibility index (Phi) is 5.33. The van der Waals surface area contributed by atoms with E-state index in [4.69, 9.17) is 16.3 Å². The van der Waals surface area contributed by atoms with Crippen LogP contribution in [0.3, 0.4) is 0 Å². The van der Waals surface area contributed by atoms with E-state index in [0.717, 1.165) is 11.3 Å². The molecule has 2 rings (SSSR count). The zero-order chi connectivity index (χ0) is 13.7. The maximum absolute atomic E-state index is 6.08. The summed E-state index contributed by atoms with van der Waals surface area (Å²) in [5.41, 5.74) is 3.55. The predicted octanol–water partition coefficient (Wildman–Crippen LogP) is 3.69. The topological polar surface area (TPSA) is 9.23 Å². The Hall–Kier alpha value is -0.951. The normalized spacial score (nSPS) is 10.5. The van der Waals surface area contributed by atoms with Crippen molar-refractivity contribution in [3.63, 3.8) is 0 Å². The quantitative estimate of drug-likeness (QED) is 0.596. The number of hydrogen-bond acceptors (Lipinski definition) is 1. The van der Waals surface area contributed by atoms with Crippen LogP contribution >= 0.6 is 11.6 Å². The Morgan fingerprint density at radius 1 is 1.16 bits per heavy atom. The zero-order valence-electron chi connectivity index (χ0n) is 11.2. The molecule has 0 saturated carbocycles. The summed E-state index contributed by atoms with van der Waals surface area (Å²) in [6, 6.07) is 14.5. The molecule has 2 aromatic rings. The minimum absolute atomic E-state index is 0.432. The molecule has 0 heterocycles. The molecular formula is C16H17ClOSe. The summed E-state index contributed by atoms with van der Waals surface area (Å²) >= 11 is 6.51. The standard InChI is InChI=1S/C16H17ClOSe/c1-12-8-15(14(10-17)16(9-12)19-2)18-11-13-6-4-3-5-7-13/h3-9H,10-11H2,1-2H3. The van der Waals surface area contributed by atoms with Crippen LogP contribution in [0.2, 0.25) is 5.82 Å². The number of benzene rings is 2. The van der Waals surface area contributed by atoms with E-state index in [9.17, 15) is 0 Å². The zero-order valence-corrected chi connectivity index (χ0v) is 13.6. The maximum atomic E-state index is 6.08. The van der Waals surface area contributed by atoms with Gasteiger partial charge in [0.05, 0.1) is 0 Å². The summed E-state index contributed by atoms with van der Waals surface area (Å²) < 4.78 is 7.30. The molecule has 0 atom stereocenters. The van der Waals surface area contributed by atoms with Crippen molar-refractivity contribution in [1.82, 2.24) is 0 Å². The monoisotopic (exact) mass is 340 g/mol. The number of aryl methyl sites for hydroxylation is 1. The summed E-state index contributed by atoms with van der Waals surface area (Å²) in [5.74, 6) is 3.64. The molecule has 0 bridgehead atoms. The molecule has 3 heteroatoms. The first kappa shape index (κ1) is 14.5. The van der Waals surface area contributed by atoms with Gasteiger partial charge in [-0.1, -0.05) is 0 Å². The van der Waals surface area contributed by atoms with Crippen LogP contribution in [-0.4, -0.2) is 15.0 Å². The van der Waals surface area contributed by atoms with Crippen molar-refractivity contribution in [2.24, 2.45) is 0 Å². The first-order valence-electron chi connectivity index (χ1n) is 6.14. The predicted molar refractivity (Wildman–Crippen MR) is 82.8 cm³/mol. The SMILES string of the molecule is C[Se]c1cc(C)cc(OCc2ccccc2)c1CCl. The molecular weight excluding hydrogens is 323 g/mol. The molecule has 2 aromatic carbocycles. The third-order valence-corrected chi connectivity index (χ3v) is 4.86. The second-order valence-electron chi connectivity index (χ2n) is 4.35. The molecule has 0 aliphatic rings. The van der Waals surface area contributed by atoms with Gasteiger partial charge in [-0.2, -0.15) is 0 Å². The third kappa shape index (κ3) is 3.76. The van der Waals surface area contributed by atoms with Gasteiger partial charge in [0.25, 0.3) is 0 Å². The fraction of sp³-hybridized carbons (Fsp3) is 0.250. The first-order chi connectivity index (χ1) is 9.24. The van der Waals surface area contributed by atoms with E-state index in [1.54, 1.807) is 0 Å². The summed E-state index contributed by atoms with van der Waals surface area (Å²) in [6.45, 7) is 2.69. The van der Waals surface area contributed by atoms with Crippen LogP contribution in [0.25, 0.3) is 0 Å². The molecule has 0 saturated heterocycles. The second kappa shape index (κ2) is 7.00. The van der Waals surface area contributed by atoms with Gasteiger partial charge in [-0.3, -0.25) is 0 Å². The Bertz CT molecular complexity index is 540. The van der Waals surface area contributed by atoms with Gasteiger partial charge in [0, 0.05) is 0 Å². The van der Waals surface area contributed by atoms with Crippen LogP contribution < -0.4 is 9.20 Å². The number of hydrogen-bond donors (Lipinski definition) is 0. The van der Waals surface area contributed by atoms with E-state index in [-0.39, 0.29) is 0 Å². The average Bonchev–Trinajstić information content (AvgIpc) is 2.45. The Morgan fingerprint density at radius 2 is 1.89 bits per heavy atom. The van der Waals surface area contributed by atoms with Crippen molar-refractivity contribution >= 4 is 31.0 Å². The Morgan fingerprint density at radius 3 is 2.53 bits per heavy atom. The van der Waals surface area contributed by atoms with Crippen molar-refractivity contribution in [3.05, 3.63) is 59.2 Å². The van der Waals surface area contributed by atoms with Gasteiger partial charge >= 0.3 is 126 Å². The van der Waals surface area contributed by atoms with Crippen molar-refractivity contribution in [2.75, 3.05) is 0 Å². The molecule has 0 aliphatic heterocycles. The first-order valence-corrected chi connectivity index (χ1v) is 9.25. The van der Waals surface area contributed by atoms with E-state index >= 15 is 0 Å². The summed E-state index contributed by atoms with van der Waals surface area (Å²) in [4.78, 5) is 0. The van der Waals surface area contributed by atoms with Gasteiger partial charge in [0.1, 0.15) is 0 Å². The van der Waals surface area contributed by atoms with E-state index in [0.29, 0.717) is 27.4 Å². The molecule has 0 amide bonds. The van der Waals surface area contributed by atoms with Gasteiger partial charge in [-0.05, 0) is 0 Å². The van der Waals surface area contributed by atoms with Gasteiger partial charge in [0.15, 0.2) is 0 Å². The fourth-order valence-electron chi connectivity index (χ4n) is 1.93. The molecule has 19 heavy (non-hydrogen) atoms. The minimum atomic E-state index is 0.432. The van der Waals surface area contributed by atoms with Crippen LogP contribution in [0.1, 0.15) is 16.7 Å².